The van der Waals surface area contributed by atoms with Crippen LogP contribution >= 0.6 is 0 Å². The first-order valence-corrected chi connectivity index (χ1v) is 6.29. The van der Waals surface area contributed by atoms with Crippen molar-refractivity contribution in [2.24, 2.45) is 0 Å². The van der Waals surface area contributed by atoms with Gasteiger partial charge in [-0.3, -0.25) is 9.69 Å². The normalized spacial score (nSPS) is 17.6. The summed E-state index contributed by atoms with van der Waals surface area (Å²) in [6.45, 7) is 3.15. The monoisotopic (exact) mass is 233 g/mol. The number of carbonyl (C=O) groups excluding carboxylic acids is 1. The number of rotatable bonds is 3. The fourth-order valence-corrected chi connectivity index (χ4v) is 2.35. The second kappa shape index (κ2) is 5.82. The number of carbonyl (C=O) groups is 1. The van der Waals surface area contributed by atoms with Crippen molar-refractivity contribution in [1.29, 1.82) is 0 Å². The van der Waals surface area contributed by atoms with Crippen molar-refractivity contribution in [3.05, 3.63) is 29.3 Å². The molecule has 0 spiro atoms. The molecule has 0 saturated carbocycles. The van der Waals surface area contributed by atoms with Crippen LogP contribution in [0, 0.1) is 0 Å². The van der Waals surface area contributed by atoms with E-state index in [0.717, 1.165) is 25.2 Å². The average molecular weight is 233 g/mol. The van der Waals surface area contributed by atoms with E-state index in [4.69, 9.17) is 0 Å². The van der Waals surface area contributed by atoms with E-state index in [1.807, 2.05) is 6.07 Å². The van der Waals surface area contributed by atoms with Crippen molar-refractivity contribution in [1.82, 2.24) is 4.90 Å². The molecule has 1 saturated heterocycles. The van der Waals surface area contributed by atoms with Gasteiger partial charge in [0.15, 0.2) is 6.29 Å². The Bertz CT molecular complexity index is 382. The van der Waals surface area contributed by atoms with Gasteiger partial charge >= 0.3 is 0 Å². The summed E-state index contributed by atoms with van der Waals surface area (Å²) in [5.74, 6) is 0.0691. The van der Waals surface area contributed by atoms with Crippen molar-refractivity contribution in [3.63, 3.8) is 0 Å². The van der Waals surface area contributed by atoms with Crippen LogP contribution in [0.4, 0.5) is 0 Å². The Morgan fingerprint density at radius 2 is 1.88 bits per heavy atom. The van der Waals surface area contributed by atoms with Crippen molar-refractivity contribution < 1.29 is 9.90 Å². The summed E-state index contributed by atoms with van der Waals surface area (Å²) < 4.78 is 0. The molecule has 0 aromatic heterocycles. The highest BCUT2D eigenvalue weighted by Gasteiger charge is 2.10. The highest BCUT2D eigenvalue weighted by Crippen LogP contribution is 2.19. The van der Waals surface area contributed by atoms with E-state index in [9.17, 15) is 9.90 Å². The molecule has 1 aromatic carbocycles. The Morgan fingerprint density at radius 3 is 2.53 bits per heavy atom. The van der Waals surface area contributed by atoms with Crippen LogP contribution in [0.1, 0.15) is 41.6 Å². The lowest BCUT2D eigenvalue weighted by Gasteiger charge is -2.19. The summed E-state index contributed by atoms with van der Waals surface area (Å²) in [5.41, 5.74) is 1.49. The van der Waals surface area contributed by atoms with Crippen molar-refractivity contribution in [2.45, 2.75) is 32.2 Å². The van der Waals surface area contributed by atoms with E-state index >= 15 is 0 Å². The molecule has 0 unspecified atom stereocenters. The summed E-state index contributed by atoms with van der Waals surface area (Å²) in [5, 5.41) is 9.44. The SMILES string of the molecule is O=Cc1cc(CN2CCCCCC2)ccc1O. The summed E-state index contributed by atoms with van der Waals surface area (Å²) >= 11 is 0. The first kappa shape index (κ1) is 12.1. The molecule has 1 aliphatic heterocycles. The summed E-state index contributed by atoms with van der Waals surface area (Å²) in [6.07, 6.45) is 5.88. The zero-order valence-electron chi connectivity index (χ0n) is 10.1. The van der Waals surface area contributed by atoms with Gasteiger partial charge in [-0.1, -0.05) is 18.9 Å². The topological polar surface area (TPSA) is 40.5 Å². The van der Waals surface area contributed by atoms with Gasteiger partial charge < -0.3 is 5.11 Å². The van der Waals surface area contributed by atoms with E-state index in [1.54, 1.807) is 12.1 Å². The number of likely N-dealkylation sites (tertiary alicyclic amines) is 1. The predicted octanol–water partition coefficient (Wildman–Crippen LogP) is 2.58. The second-order valence-electron chi connectivity index (χ2n) is 4.70. The van der Waals surface area contributed by atoms with Crippen LogP contribution in [0.2, 0.25) is 0 Å². The maximum atomic E-state index is 10.8. The largest absolute Gasteiger partial charge is 0.507 e. The lowest BCUT2D eigenvalue weighted by molar-refractivity contribution is 0.112. The first-order valence-electron chi connectivity index (χ1n) is 6.29. The molecule has 1 aliphatic rings. The fourth-order valence-electron chi connectivity index (χ4n) is 2.35. The quantitative estimate of drug-likeness (QED) is 0.816. The highest BCUT2D eigenvalue weighted by molar-refractivity contribution is 5.79. The Morgan fingerprint density at radius 1 is 1.18 bits per heavy atom. The van der Waals surface area contributed by atoms with E-state index in [0.29, 0.717) is 11.8 Å². The van der Waals surface area contributed by atoms with Crippen LogP contribution in [-0.4, -0.2) is 29.4 Å². The minimum atomic E-state index is 0.0691. The number of aromatic hydroxyl groups is 1. The van der Waals surface area contributed by atoms with Crippen LogP contribution in [0.15, 0.2) is 18.2 Å². The maximum absolute atomic E-state index is 10.8. The van der Waals surface area contributed by atoms with E-state index in [1.165, 1.54) is 25.7 Å². The minimum Gasteiger partial charge on any atom is -0.507 e. The standard InChI is InChI=1S/C14H19NO2/c16-11-13-9-12(5-6-14(13)17)10-15-7-3-1-2-4-8-15/h5-6,9,11,17H,1-4,7-8,10H2. The number of aldehydes is 1. The van der Waals surface area contributed by atoms with Crippen molar-refractivity contribution in [3.8, 4) is 5.75 Å². The molecule has 3 nitrogen and oxygen atoms in total. The van der Waals surface area contributed by atoms with E-state index < -0.39 is 0 Å². The van der Waals surface area contributed by atoms with Gasteiger partial charge in [-0.25, -0.2) is 0 Å². The van der Waals surface area contributed by atoms with Gasteiger partial charge in [-0.05, 0) is 43.6 Å². The molecule has 92 valence electrons. The third kappa shape index (κ3) is 3.30. The molecule has 2 rings (SSSR count). The fraction of sp³-hybridized carbons (Fsp3) is 0.500. The van der Waals surface area contributed by atoms with Gasteiger partial charge in [0.1, 0.15) is 5.75 Å². The molecular formula is C14H19NO2. The van der Waals surface area contributed by atoms with Gasteiger partial charge in [-0.15, -0.1) is 0 Å². The Kier molecular flexibility index (Phi) is 4.15. The number of benzene rings is 1. The van der Waals surface area contributed by atoms with Crippen LogP contribution < -0.4 is 0 Å². The van der Waals surface area contributed by atoms with Crippen molar-refractivity contribution in [2.75, 3.05) is 13.1 Å². The zero-order chi connectivity index (χ0) is 12.1. The summed E-state index contributed by atoms with van der Waals surface area (Å²) in [7, 11) is 0. The van der Waals surface area contributed by atoms with Crippen LogP contribution in [-0.2, 0) is 6.54 Å². The Labute approximate surface area is 102 Å². The number of hydrogen-bond donors (Lipinski definition) is 1. The third-order valence-electron chi connectivity index (χ3n) is 3.32. The lowest BCUT2D eigenvalue weighted by Crippen LogP contribution is -2.23. The molecule has 0 amide bonds. The molecule has 3 heteroatoms. The smallest absolute Gasteiger partial charge is 0.153 e. The number of nitrogens with zero attached hydrogens (tertiary/aromatic N) is 1. The maximum Gasteiger partial charge on any atom is 0.153 e. The second-order valence-corrected chi connectivity index (χ2v) is 4.70. The molecule has 17 heavy (non-hydrogen) atoms. The lowest BCUT2D eigenvalue weighted by atomic mass is 10.1. The number of hydrogen-bond acceptors (Lipinski definition) is 3. The first-order chi connectivity index (χ1) is 8.29. The van der Waals surface area contributed by atoms with Crippen LogP contribution in [0.25, 0.3) is 0 Å². The molecule has 1 N–H and O–H groups in total. The Hall–Kier alpha value is -1.35. The van der Waals surface area contributed by atoms with Crippen molar-refractivity contribution >= 4 is 6.29 Å². The van der Waals surface area contributed by atoms with Gasteiger partial charge in [0.25, 0.3) is 0 Å². The summed E-state index contributed by atoms with van der Waals surface area (Å²) in [6, 6.07) is 5.29. The minimum absolute atomic E-state index is 0.0691. The molecule has 1 heterocycles. The van der Waals surface area contributed by atoms with E-state index in [-0.39, 0.29) is 5.75 Å². The molecule has 0 bridgehead atoms. The molecular weight excluding hydrogens is 214 g/mol. The predicted molar refractivity (Wildman–Crippen MR) is 67.2 cm³/mol. The highest BCUT2D eigenvalue weighted by atomic mass is 16.3. The zero-order valence-corrected chi connectivity index (χ0v) is 10.1. The Balaban J connectivity index is 2.04. The number of phenols is 1. The van der Waals surface area contributed by atoms with Gasteiger partial charge in [-0.2, -0.15) is 0 Å². The van der Waals surface area contributed by atoms with Gasteiger partial charge in [0.2, 0.25) is 0 Å². The third-order valence-corrected chi connectivity index (χ3v) is 3.32. The van der Waals surface area contributed by atoms with Crippen LogP contribution in [0.5, 0.6) is 5.75 Å². The molecule has 0 atom stereocenters. The molecule has 1 aromatic rings. The molecule has 0 radical (unpaired) electrons. The summed E-state index contributed by atoms with van der Waals surface area (Å²) in [4.78, 5) is 13.2. The number of phenolic OH excluding ortho intramolecular Hbond substituents is 1. The van der Waals surface area contributed by atoms with Gasteiger partial charge in [0.05, 0.1) is 5.56 Å². The molecule has 1 fully saturated rings. The van der Waals surface area contributed by atoms with E-state index in [2.05, 4.69) is 4.90 Å². The molecule has 0 aliphatic carbocycles. The van der Waals surface area contributed by atoms with Crippen LogP contribution in [0.3, 0.4) is 0 Å². The van der Waals surface area contributed by atoms with Gasteiger partial charge in [0, 0.05) is 6.54 Å². The average Bonchev–Trinajstić information content (AvgIpc) is 2.60.